The Bertz CT molecular complexity index is 1450. The zero-order valence-electron chi connectivity index (χ0n) is 24.0. The number of carbonyl (C=O) groups is 3. The Morgan fingerprint density at radius 3 is 2.34 bits per heavy atom. The Balaban J connectivity index is 1.51. The normalized spacial score (nSPS) is 31.6. The maximum absolute atomic E-state index is 14.7. The first-order chi connectivity index (χ1) is 19.7. The number of anilines is 2. The molecule has 4 aliphatic rings. The van der Waals surface area contributed by atoms with Crippen molar-refractivity contribution in [1.29, 1.82) is 0 Å². The van der Waals surface area contributed by atoms with Gasteiger partial charge in [0.2, 0.25) is 11.8 Å². The zero-order chi connectivity index (χ0) is 29.1. The molecule has 0 aliphatic carbocycles. The standard InChI is InChI=1S/C33H37N3O5/c1-5-23(20-37)36-28-31(40)35(25-19-21(2)13-14-22(25)3)18-10-16-33(28)27(30(36)39)26-29(38)34(24-11-7-6-8-12-24)17-9-15-32(26,4)41-33/h6-16,19,23,26-28,37H,5,17-18,20H2,1-4H3/t23-,26-,27-,28?,32+,33-/m0/s1. The molecule has 2 fully saturated rings. The van der Waals surface area contributed by atoms with Gasteiger partial charge in [0.1, 0.15) is 11.6 Å². The lowest BCUT2D eigenvalue weighted by Crippen LogP contribution is -2.58. The summed E-state index contributed by atoms with van der Waals surface area (Å²) in [6.07, 6.45) is 7.98. The Labute approximate surface area is 240 Å². The van der Waals surface area contributed by atoms with E-state index < -0.39 is 35.1 Å². The SMILES string of the molecule is CC[C@@H](CO)N1C(=O)[C@@H]2[C@H]3C(=O)N(c4ccccc4)CC=C[C@@]3(C)O[C@@]23C=CCN(c2cc(C)ccc2C)C(=O)C13. The highest BCUT2D eigenvalue weighted by Gasteiger charge is 2.75. The molecule has 1 spiro atoms. The van der Waals surface area contributed by atoms with E-state index >= 15 is 0 Å². The van der Waals surface area contributed by atoms with Crippen molar-refractivity contribution in [1.82, 2.24) is 4.90 Å². The van der Waals surface area contributed by atoms with Crippen molar-refractivity contribution in [3.8, 4) is 0 Å². The quantitative estimate of drug-likeness (QED) is 0.570. The molecule has 2 aromatic rings. The number of nitrogens with zero attached hydrogens (tertiary/aromatic N) is 3. The molecule has 0 saturated carbocycles. The van der Waals surface area contributed by atoms with Gasteiger partial charge in [0.05, 0.1) is 30.1 Å². The lowest BCUT2D eigenvalue weighted by atomic mass is 9.74. The molecule has 41 heavy (non-hydrogen) atoms. The highest BCUT2D eigenvalue weighted by atomic mass is 16.5. The average molecular weight is 556 g/mol. The Morgan fingerprint density at radius 1 is 0.927 bits per heavy atom. The topological polar surface area (TPSA) is 90.4 Å². The van der Waals surface area contributed by atoms with Crippen LogP contribution in [0.3, 0.4) is 0 Å². The summed E-state index contributed by atoms with van der Waals surface area (Å²) in [7, 11) is 0. The number of aliphatic hydroxyl groups excluding tert-OH is 1. The molecular formula is C33H37N3O5. The van der Waals surface area contributed by atoms with Crippen LogP contribution in [-0.4, -0.2) is 70.7 Å². The number of aryl methyl sites for hydroxylation is 2. The predicted octanol–water partition coefficient (Wildman–Crippen LogP) is 3.55. The highest BCUT2D eigenvalue weighted by Crippen LogP contribution is 2.58. The van der Waals surface area contributed by atoms with Gasteiger partial charge in [0, 0.05) is 24.5 Å². The number of aliphatic hydroxyl groups is 1. The van der Waals surface area contributed by atoms with Crippen LogP contribution in [0.1, 0.15) is 31.4 Å². The second kappa shape index (κ2) is 9.96. The summed E-state index contributed by atoms with van der Waals surface area (Å²) in [5.74, 6) is -2.61. The largest absolute Gasteiger partial charge is 0.394 e. The van der Waals surface area contributed by atoms with Crippen LogP contribution in [-0.2, 0) is 19.1 Å². The van der Waals surface area contributed by atoms with Gasteiger partial charge in [0.25, 0.3) is 5.91 Å². The minimum atomic E-state index is -1.37. The van der Waals surface area contributed by atoms with Crippen LogP contribution in [0.15, 0.2) is 72.8 Å². The zero-order valence-corrected chi connectivity index (χ0v) is 24.0. The van der Waals surface area contributed by atoms with E-state index in [1.165, 1.54) is 4.90 Å². The van der Waals surface area contributed by atoms with Gasteiger partial charge in [-0.1, -0.05) is 61.6 Å². The fourth-order valence-corrected chi connectivity index (χ4v) is 7.33. The van der Waals surface area contributed by atoms with Gasteiger partial charge in [-0.2, -0.15) is 0 Å². The maximum atomic E-state index is 14.7. The third-order valence-electron chi connectivity index (χ3n) is 9.29. The van der Waals surface area contributed by atoms with Crippen LogP contribution < -0.4 is 9.80 Å². The summed E-state index contributed by atoms with van der Waals surface area (Å²) in [6.45, 7) is 8.02. The number of hydrogen-bond donors (Lipinski definition) is 1. The molecule has 2 aromatic carbocycles. The maximum Gasteiger partial charge on any atom is 0.253 e. The molecule has 6 rings (SSSR count). The van der Waals surface area contributed by atoms with Gasteiger partial charge in [-0.3, -0.25) is 14.4 Å². The summed E-state index contributed by atoms with van der Waals surface area (Å²) in [4.78, 5) is 48.6. The molecule has 4 aliphatic heterocycles. The number of rotatable bonds is 5. The van der Waals surface area contributed by atoms with Crippen LogP contribution in [0.5, 0.6) is 0 Å². The summed E-state index contributed by atoms with van der Waals surface area (Å²) >= 11 is 0. The highest BCUT2D eigenvalue weighted by molar-refractivity contribution is 6.08. The fourth-order valence-electron chi connectivity index (χ4n) is 7.33. The number of fused-ring (bicyclic) bond motifs is 2. The van der Waals surface area contributed by atoms with Crippen molar-refractivity contribution in [2.45, 2.75) is 57.4 Å². The van der Waals surface area contributed by atoms with Crippen LogP contribution in [0.25, 0.3) is 0 Å². The smallest absolute Gasteiger partial charge is 0.253 e. The van der Waals surface area contributed by atoms with Gasteiger partial charge in [-0.15, -0.1) is 0 Å². The minimum absolute atomic E-state index is 0.215. The van der Waals surface area contributed by atoms with E-state index in [0.717, 1.165) is 22.5 Å². The number of amides is 3. The first-order valence-electron chi connectivity index (χ1n) is 14.4. The van der Waals surface area contributed by atoms with Crippen molar-refractivity contribution >= 4 is 29.1 Å². The monoisotopic (exact) mass is 555 g/mol. The molecule has 4 heterocycles. The Kier molecular flexibility index (Phi) is 6.66. The van der Waals surface area contributed by atoms with Gasteiger partial charge >= 0.3 is 0 Å². The fraction of sp³-hybridized carbons (Fsp3) is 0.424. The number of ether oxygens (including phenoxy) is 1. The lowest BCUT2D eigenvalue weighted by Gasteiger charge is -2.40. The number of hydrogen-bond acceptors (Lipinski definition) is 5. The number of benzene rings is 2. The molecule has 214 valence electrons. The van der Waals surface area contributed by atoms with E-state index in [2.05, 4.69) is 0 Å². The third kappa shape index (κ3) is 3.99. The molecular weight excluding hydrogens is 518 g/mol. The van der Waals surface area contributed by atoms with E-state index in [1.807, 2.05) is 101 Å². The molecule has 8 nitrogen and oxygen atoms in total. The van der Waals surface area contributed by atoms with E-state index in [1.54, 1.807) is 9.80 Å². The molecule has 3 amide bonds. The second-order valence-electron chi connectivity index (χ2n) is 11.8. The summed E-state index contributed by atoms with van der Waals surface area (Å²) in [5.41, 5.74) is 0.990. The summed E-state index contributed by atoms with van der Waals surface area (Å²) in [6, 6.07) is 13.7. The van der Waals surface area contributed by atoms with Crippen LogP contribution >= 0.6 is 0 Å². The number of para-hydroxylation sites is 1. The Morgan fingerprint density at radius 2 is 1.63 bits per heavy atom. The van der Waals surface area contributed by atoms with Crippen molar-refractivity contribution < 1.29 is 24.2 Å². The molecule has 8 heteroatoms. The van der Waals surface area contributed by atoms with Crippen LogP contribution in [0.4, 0.5) is 11.4 Å². The van der Waals surface area contributed by atoms with E-state index in [0.29, 0.717) is 19.5 Å². The van der Waals surface area contributed by atoms with Gasteiger partial charge in [0.15, 0.2) is 0 Å². The lowest BCUT2D eigenvalue weighted by molar-refractivity contribution is -0.148. The average Bonchev–Trinajstić information content (AvgIpc) is 3.23. The first-order valence-corrected chi connectivity index (χ1v) is 14.4. The molecule has 0 radical (unpaired) electrons. The first kappa shape index (κ1) is 27.4. The van der Waals surface area contributed by atoms with E-state index in [4.69, 9.17) is 4.74 Å². The van der Waals surface area contributed by atoms with Crippen molar-refractivity contribution in [3.05, 3.63) is 84.0 Å². The number of carbonyl (C=O) groups excluding carboxylic acids is 3. The second-order valence-corrected chi connectivity index (χ2v) is 11.8. The summed E-state index contributed by atoms with van der Waals surface area (Å²) in [5, 5.41) is 10.4. The van der Waals surface area contributed by atoms with Gasteiger partial charge < -0.3 is 24.5 Å². The van der Waals surface area contributed by atoms with Crippen molar-refractivity contribution in [2.75, 3.05) is 29.5 Å². The van der Waals surface area contributed by atoms with Gasteiger partial charge in [-0.25, -0.2) is 0 Å². The van der Waals surface area contributed by atoms with Crippen molar-refractivity contribution in [2.24, 2.45) is 11.8 Å². The van der Waals surface area contributed by atoms with Crippen molar-refractivity contribution in [3.63, 3.8) is 0 Å². The predicted molar refractivity (Wildman–Crippen MR) is 156 cm³/mol. The minimum Gasteiger partial charge on any atom is -0.394 e. The molecule has 0 aromatic heterocycles. The molecule has 1 N–H and O–H groups in total. The van der Waals surface area contributed by atoms with Gasteiger partial charge in [-0.05, 0) is 56.5 Å². The van der Waals surface area contributed by atoms with E-state index in [-0.39, 0.29) is 24.3 Å². The Hall–Kier alpha value is -3.75. The third-order valence-corrected chi connectivity index (χ3v) is 9.29. The molecule has 0 bridgehead atoms. The molecule has 1 unspecified atom stereocenters. The van der Waals surface area contributed by atoms with E-state index in [9.17, 15) is 19.5 Å². The van der Waals surface area contributed by atoms with Crippen LogP contribution in [0, 0.1) is 25.7 Å². The molecule has 2 saturated heterocycles. The number of likely N-dealkylation sites (tertiary alicyclic amines) is 1. The van der Waals surface area contributed by atoms with Crippen LogP contribution in [0.2, 0.25) is 0 Å². The summed E-state index contributed by atoms with van der Waals surface area (Å²) < 4.78 is 6.92. The molecule has 6 atom stereocenters.